The van der Waals surface area contributed by atoms with Crippen molar-refractivity contribution in [1.29, 1.82) is 5.26 Å². The number of carbonyl (C=O) groups excluding carboxylic acids is 2. The number of hydrogen-bond acceptors (Lipinski definition) is 5. The molecule has 0 amide bonds. The number of rotatable bonds is 7. The van der Waals surface area contributed by atoms with Crippen molar-refractivity contribution < 1.29 is 14.3 Å². The van der Waals surface area contributed by atoms with Gasteiger partial charge in [-0.15, -0.1) is 0 Å². The van der Waals surface area contributed by atoms with Gasteiger partial charge in [-0.1, -0.05) is 72.8 Å². The molecule has 5 heteroatoms. The van der Waals surface area contributed by atoms with Gasteiger partial charge in [0.25, 0.3) is 0 Å². The highest BCUT2D eigenvalue weighted by atomic mass is 16.5. The molecule has 0 aromatic heterocycles. The number of ketones is 1. The molecule has 1 atom stereocenters. The third kappa shape index (κ3) is 5.46. The van der Waals surface area contributed by atoms with Gasteiger partial charge in [-0.3, -0.25) is 4.79 Å². The Labute approximate surface area is 181 Å². The SMILES string of the molecule is CN(C)c1ccc(/C=C(\C#N)C(=O)O[C@@H](C(=O)c2ccccc2)c2ccccc2)cc1. The van der Waals surface area contributed by atoms with E-state index < -0.39 is 12.1 Å². The predicted molar refractivity (Wildman–Crippen MR) is 120 cm³/mol. The smallest absolute Gasteiger partial charge is 0.349 e. The zero-order valence-electron chi connectivity index (χ0n) is 17.4. The molecular weight excluding hydrogens is 388 g/mol. The molecule has 0 spiro atoms. The lowest BCUT2D eigenvalue weighted by Crippen LogP contribution is -2.21. The summed E-state index contributed by atoms with van der Waals surface area (Å²) in [6.45, 7) is 0. The summed E-state index contributed by atoms with van der Waals surface area (Å²) in [7, 11) is 3.85. The fourth-order valence-electron chi connectivity index (χ4n) is 3.00. The van der Waals surface area contributed by atoms with Gasteiger partial charge >= 0.3 is 5.97 Å². The molecule has 5 nitrogen and oxygen atoms in total. The van der Waals surface area contributed by atoms with Gasteiger partial charge in [-0.05, 0) is 23.8 Å². The normalized spacial score (nSPS) is 11.8. The summed E-state index contributed by atoms with van der Waals surface area (Å²) in [5.41, 5.74) is 2.46. The summed E-state index contributed by atoms with van der Waals surface area (Å²) in [5.74, 6) is -1.20. The summed E-state index contributed by atoms with van der Waals surface area (Å²) in [6, 6.07) is 26.7. The molecule has 0 aliphatic rings. The Morgan fingerprint density at radius 3 is 2.03 bits per heavy atom. The Hall–Kier alpha value is -4.17. The van der Waals surface area contributed by atoms with Gasteiger partial charge in [0.1, 0.15) is 11.6 Å². The molecule has 0 saturated carbocycles. The van der Waals surface area contributed by atoms with Crippen LogP contribution < -0.4 is 4.90 Å². The van der Waals surface area contributed by atoms with Crippen LogP contribution >= 0.6 is 0 Å². The third-order valence-electron chi connectivity index (χ3n) is 4.68. The van der Waals surface area contributed by atoms with E-state index in [0.717, 1.165) is 5.69 Å². The maximum absolute atomic E-state index is 13.1. The lowest BCUT2D eigenvalue weighted by molar-refractivity contribution is -0.142. The topological polar surface area (TPSA) is 70.4 Å². The largest absolute Gasteiger partial charge is 0.445 e. The second kappa shape index (κ2) is 10.0. The van der Waals surface area contributed by atoms with Crippen LogP contribution in [-0.2, 0) is 9.53 Å². The summed E-state index contributed by atoms with van der Waals surface area (Å²) in [6.07, 6.45) is 0.306. The lowest BCUT2D eigenvalue weighted by atomic mass is 9.99. The van der Waals surface area contributed by atoms with Crippen LogP contribution in [0.4, 0.5) is 5.69 Å². The number of benzene rings is 3. The predicted octanol–water partition coefficient (Wildman–Crippen LogP) is 4.83. The van der Waals surface area contributed by atoms with Gasteiger partial charge in [0.2, 0.25) is 5.78 Å². The first-order valence-electron chi connectivity index (χ1n) is 9.74. The second-order valence-electron chi connectivity index (χ2n) is 7.08. The Morgan fingerprint density at radius 1 is 0.903 bits per heavy atom. The van der Waals surface area contributed by atoms with Crippen LogP contribution in [0, 0.1) is 11.3 Å². The minimum Gasteiger partial charge on any atom is -0.445 e. The zero-order chi connectivity index (χ0) is 22.2. The van der Waals surface area contributed by atoms with Crippen LogP contribution in [0.2, 0.25) is 0 Å². The van der Waals surface area contributed by atoms with E-state index in [2.05, 4.69) is 0 Å². The highest BCUT2D eigenvalue weighted by Gasteiger charge is 2.27. The van der Waals surface area contributed by atoms with Crippen LogP contribution in [0.1, 0.15) is 27.6 Å². The van der Waals surface area contributed by atoms with E-state index in [1.54, 1.807) is 54.6 Å². The number of Topliss-reactive ketones (excluding diaryl/α,β-unsaturated/α-hetero) is 1. The molecule has 0 N–H and O–H groups in total. The number of nitrogens with zero attached hydrogens (tertiary/aromatic N) is 2. The maximum Gasteiger partial charge on any atom is 0.349 e. The summed E-state index contributed by atoms with van der Waals surface area (Å²) < 4.78 is 5.55. The maximum atomic E-state index is 13.1. The van der Waals surface area contributed by atoms with Crippen molar-refractivity contribution in [1.82, 2.24) is 0 Å². The van der Waals surface area contributed by atoms with E-state index in [-0.39, 0.29) is 11.4 Å². The van der Waals surface area contributed by atoms with Gasteiger partial charge < -0.3 is 9.64 Å². The highest BCUT2D eigenvalue weighted by Crippen LogP contribution is 2.24. The molecule has 31 heavy (non-hydrogen) atoms. The Kier molecular flexibility index (Phi) is 6.97. The van der Waals surface area contributed by atoms with E-state index in [1.807, 2.05) is 55.4 Å². The molecule has 154 valence electrons. The fraction of sp³-hybridized carbons (Fsp3) is 0.115. The van der Waals surface area contributed by atoms with Crippen LogP contribution in [0.3, 0.4) is 0 Å². The first-order chi connectivity index (χ1) is 15.0. The lowest BCUT2D eigenvalue weighted by Gasteiger charge is -2.17. The molecule has 0 aliphatic heterocycles. The van der Waals surface area contributed by atoms with Crippen molar-refractivity contribution in [3.8, 4) is 6.07 Å². The van der Waals surface area contributed by atoms with Crippen molar-refractivity contribution >= 4 is 23.5 Å². The summed E-state index contributed by atoms with van der Waals surface area (Å²) in [5, 5.41) is 9.53. The van der Waals surface area contributed by atoms with Gasteiger partial charge in [0.15, 0.2) is 6.10 Å². The minimum absolute atomic E-state index is 0.181. The van der Waals surface area contributed by atoms with Crippen molar-refractivity contribution in [2.45, 2.75) is 6.10 Å². The standard InChI is InChI=1S/C26H22N2O3/c1-28(2)23-15-13-19(14-16-23)17-22(18-27)26(30)31-25(21-11-7-4-8-12-21)24(29)20-9-5-3-6-10-20/h3-17,25H,1-2H3/b22-17+/t25-/m1/s1. The van der Waals surface area contributed by atoms with E-state index in [1.165, 1.54) is 6.08 Å². The molecular formula is C26H22N2O3. The minimum atomic E-state index is -1.15. The molecule has 3 aromatic rings. The van der Waals surface area contributed by atoms with Crippen molar-refractivity contribution in [2.75, 3.05) is 19.0 Å². The van der Waals surface area contributed by atoms with Gasteiger partial charge in [0.05, 0.1) is 0 Å². The Morgan fingerprint density at radius 2 is 1.48 bits per heavy atom. The average Bonchev–Trinajstić information content (AvgIpc) is 2.81. The average molecular weight is 410 g/mol. The van der Waals surface area contributed by atoms with Crippen molar-refractivity contribution in [3.63, 3.8) is 0 Å². The Bertz CT molecular complexity index is 1110. The first kappa shape index (κ1) is 21.5. The number of anilines is 1. The van der Waals surface area contributed by atoms with Crippen molar-refractivity contribution in [2.24, 2.45) is 0 Å². The van der Waals surface area contributed by atoms with Gasteiger partial charge in [0, 0.05) is 30.9 Å². The fourth-order valence-corrected chi connectivity index (χ4v) is 3.00. The Balaban J connectivity index is 1.88. The molecule has 0 unspecified atom stereocenters. The van der Waals surface area contributed by atoms with Crippen LogP contribution in [0.15, 0.2) is 90.5 Å². The van der Waals surface area contributed by atoms with Gasteiger partial charge in [-0.2, -0.15) is 5.26 Å². The zero-order valence-corrected chi connectivity index (χ0v) is 17.4. The summed E-state index contributed by atoms with van der Waals surface area (Å²) in [4.78, 5) is 27.8. The molecule has 0 heterocycles. The molecule has 3 aromatic carbocycles. The number of carbonyl (C=O) groups is 2. The number of hydrogen-bond donors (Lipinski definition) is 0. The van der Waals surface area contributed by atoms with Crippen LogP contribution in [0.25, 0.3) is 6.08 Å². The monoisotopic (exact) mass is 410 g/mol. The second-order valence-corrected chi connectivity index (χ2v) is 7.08. The van der Waals surface area contributed by atoms with Crippen LogP contribution in [-0.4, -0.2) is 25.8 Å². The third-order valence-corrected chi connectivity index (χ3v) is 4.68. The highest BCUT2D eigenvalue weighted by molar-refractivity contribution is 6.04. The van der Waals surface area contributed by atoms with Gasteiger partial charge in [-0.25, -0.2) is 4.79 Å². The van der Waals surface area contributed by atoms with E-state index >= 15 is 0 Å². The first-order valence-corrected chi connectivity index (χ1v) is 9.74. The molecule has 0 radical (unpaired) electrons. The summed E-state index contributed by atoms with van der Waals surface area (Å²) >= 11 is 0. The van der Waals surface area contributed by atoms with Crippen LogP contribution in [0.5, 0.6) is 0 Å². The number of ether oxygens (including phenoxy) is 1. The molecule has 0 fully saturated rings. The molecule has 0 saturated heterocycles. The number of esters is 1. The quantitative estimate of drug-likeness (QED) is 0.242. The number of nitriles is 1. The van der Waals surface area contributed by atoms with E-state index in [9.17, 15) is 14.9 Å². The molecule has 0 aliphatic carbocycles. The van der Waals surface area contributed by atoms with E-state index in [4.69, 9.17) is 4.74 Å². The molecule has 0 bridgehead atoms. The molecule has 3 rings (SSSR count). The van der Waals surface area contributed by atoms with E-state index in [0.29, 0.717) is 16.7 Å². The van der Waals surface area contributed by atoms with Crippen molar-refractivity contribution in [3.05, 3.63) is 107 Å².